The largest absolute Gasteiger partial charge is 0.490 e. The van der Waals surface area contributed by atoms with E-state index in [1.807, 2.05) is 34.1 Å². The lowest BCUT2D eigenvalue weighted by atomic mass is 9.94. The molecule has 0 bridgehead atoms. The molecule has 2 saturated heterocycles. The molecule has 264 valence electrons. The van der Waals surface area contributed by atoms with Crippen molar-refractivity contribution in [3.63, 3.8) is 0 Å². The Balaban J connectivity index is 1.01. The molecule has 1 N–H and O–H groups in total. The lowest BCUT2D eigenvalue weighted by molar-refractivity contribution is -0.143. The highest BCUT2D eigenvalue weighted by atomic mass is 16.6. The summed E-state index contributed by atoms with van der Waals surface area (Å²) < 4.78 is 12.2. The molecular weight excluding hydrogens is 620 g/mol. The number of fused-ring (bicyclic) bond motifs is 2. The van der Waals surface area contributed by atoms with Gasteiger partial charge in [0.2, 0.25) is 0 Å². The molecule has 11 nitrogen and oxygen atoms in total. The van der Waals surface area contributed by atoms with E-state index in [1.165, 1.54) is 32.1 Å². The molecule has 4 amide bonds. The highest BCUT2D eigenvalue weighted by molar-refractivity contribution is 5.91. The van der Waals surface area contributed by atoms with Gasteiger partial charge in [0.1, 0.15) is 12.4 Å². The molecule has 1 aliphatic carbocycles. The van der Waals surface area contributed by atoms with Gasteiger partial charge in [-0.1, -0.05) is 43.5 Å². The van der Waals surface area contributed by atoms with Crippen molar-refractivity contribution >= 4 is 29.4 Å². The first kappa shape index (κ1) is 33.5. The van der Waals surface area contributed by atoms with Crippen molar-refractivity contribution in [2.45, 2.75) is 82.9 Å². The Morgan fingerprint density at radius 1 is 0.898 bits per heavy atom. The summed E-state index contributed by atoms with van der Waals surface area (Å²) in [6.45, 7) is 8.09. The molecule has 49 heavy (non-hydrogen) atoms. The van der Waals surface area contributed by atoms with Crippen molar-refractivity contribution in [3.8, 4) is 5.75 Å². The molecule has 4 aliphatic heterocycles. The standard InChI is InChI=1S/C38H52N6O5/c1-27-24-28(25-33-35(27)40(2)22-23-48-33)26-34(36(45)42-20-18-41(19-21-42)30-9-4-3-5-10-30)49-38(47)43-15-13-31(14-16-43)44-17-12-29-8-6-7-11-32(29)39-37(44)46/h6-8,11,24-25,30-31,34H,3-5,9-10,12-23,26H2,1-2H3,(H,39,46)/t34-/m1/s1. The number of nitrogens with zero attached hydrogens (tertiary/aromatic N) is 5. The third-order valence-corrected chi connectivity index (χ3v) is 11.4. The fourth-order valence-corrected chi connectivity index (χ4v) is 8.59. The van der Waals surface area contributed by atoms with Gasteiger partial charge in [0.25, 0.3) is 5.91 Å². The quantitative estimate of drug-likeness (QED) is 0.466. The Morgan fingerprint density at radius 2 is 1.65 bits per heavy atom. The summed E-state index contributed by atoms with van der Waals surface area (Å²) >= 11 is 0. The second kappa shape index (κ2) is 14.9. The average molecular weight is 673 g/mol. The van der Waals surface area contributed by atoms with E-state index in [2.05, 4.69) is 41.2 Å². The fourth-order valence-electron chi connectivity index (χ4n) is 8.59. The van der Waals surface area contributed by atoms with Crippen LogP contribution >= 0.6 is 0 Å². The third kappa shape index (κ3) is 7.46. The van der Waals surface area contributed by atoms with Gasteiger partial charge < -0.3 is 34.4 Å². The zero-order valence-electron chi connectivity index (χ0n) is 29.2. The molecule has 1 atom stereocenters. The Kier molecular flexibility index (Phi) is 10.2. The van der Waals surface area contributed by atoms with Crippen molar-refractivity contribution in [1.29, 1.82) is 0 Å². The SMILES string of the molecule is Cc1cc(C[C@@H](OC(=O)N2CCC(N3CCc4ccccc4NC3=O)CC2)C(=O)N2CCN(C3CCCCC3)CC2)cc2c1N(C)CCO2. The Morgan fingerprint density at radius 3 is 2.43 bits per heavy atom. The summed E-state index contributed by atoms with van der Waals surface area (Å²) in [4.78, 5) is 51.3. The predicted molar refractivity (Wildman–Crippen MR) is 189 cm³/mol. The van der Waals surface area contributed by atoms with Gasteiger partial charge in [-0.05, 0) is 67.9 Å². The van der Waals surface area contributed by atoms with Crippen LogP contribution in [0.15, 0.2) is 36.4 Å². The molecule has 11 heteroatoms. The number of aryl methyl sites for hydroxylation is 1. The molecule has 0 aromatic heterocycles. The van der Waals surface area contributed by atoms with Gasteiger partial charge in [0, 0.05) is 77.1 Å². The molecule has 1 saturated carbocycles. The number of benzene rings is 2. The Hall–Kier alpha value is -3.99. The second-order valence-electron chi connectivity index (χ2n) is 14.5. The number of hydrogen-bond donors (Lipinski definition) is 1. The molecule has 3 fully saturated rings. The van der Waals surface area contributed by atoms with Gasteiger partial charge in [0.15, 0.2) is 6.10 Å². The zero-order chi connectivity index (χ0) is 33.9. The van der Waals surface area contributed by atoms with E-state index in [-0.39, 0.29) is 18.0 Å². The number of piperidine rings is 1. The van der Waals surface area contributed by atoms with Gasteiger partial charge in [0.05, 0.1) is 12.2 Å². The lowest BCUT2D eigenvalue weighted by Crippen LogP contribution is -2.55. The van der Waals surface area contributed by atoms with Gasteiger partial charge in [-0.3, -0.25) is 9.69 Å². The first-order valence-corrected chi connectivity index (χ1v) is 18.5. The summed E-state index contributed by atoms with van der Waals surface area (Å²) in [6, 6.07) is 12.6. The molecule has 0 spiro atoms. The molecular formula is C38H52N6O5. The number of nitrogens with one attached hydrogen (secondary N) is 1. The van der Waals surface area contributed by atoms with E-state index < -0.39 is 12.2 Å². The van der Waals surface area contributed by atoms with Crippen molar-refractivity contribution < 1.29 is 23.9 Å². The summed E-state index contributed by atoms with van der Waals surface area (Å²) in [5, 5.41) is 3.07. The minimum Gasteiger partial charge on any atom is -0.490 e. The first-order chi connectivity index (χ1) is 23.8. The molecule has 5 aliphatic rings. The van der Waals surface area contributed by atoms with Crippen molar-refractivity contribution in [1.82, 2.24) is 19.6 Å². The van der Waals surface area contributed by atoms with Gasteiger partial charge >= 0.3 is 12.1 Å². The van der Waals surface area contributed by atoms with Gasteiger partial charge in [-0.2, -0.15) is 0 Å². The van der Waals surface area contributed by atoms with Gasteiger partial charge in [-0.15, -0.1) is 0 Å². The number of amides is 4. The number of anilines is 2. The first-order valence-electron chi connectivity index (χ1n) is 18.5. The molecule has 7 rings (SSSR count). The summed E-state index contributed by atoms with van der Waals surface area (Å²) in [7, 11) is 2.07. The number of carbonyl (C=O) groups is 3. The second-order valence-corrected chi connectivity index (χ2v) is 14.5. The lowest BCUT2D eigenvalue weighted by Gasteiger charge is -2.41. The van der Waals surface area contributed by atoms with E-state index in [4.69, 9.17) is 9.47 Å². The van der Waals surface area contributed by atoms with E-state index in [0.29, 0.717) is 64.6 Å². The minimum absolute atomic E-state index is 0.0350. The molecule has 4 heterocycles. The number of rotatable bonds is 6. The average Bonchev–Trinajstić information content (AvgIpc) is 3.29. The number of ether oxygens (including phenoxy) is 2. The van der Waals surface area contributed by atoms with E-state index in [1.54, 1.807) is 4.90 Å². The van der Waals surface area contributed by atoms with Crippen LogP contribution in [0.3, 0.4) is 0 Å². The van der Waals surface area contributed by atoms with Crippen LogP contribution in [0.2, 0.25) is 0 Å². The van der Waals surface area contributed by atoms with Crippen molar-refractivity contribution in [3.05, 3.63) is 53.1 Å². The number of para-hydroxylation sites is 1. The maximum Gasteiger partial charge on any atom is 0.410 e. The van der Waals surface area contributed by atoms with Gasteiger partial charge in [-0.25, -0.2) is 9.59 Å². The molecule has 0 radical (unpaired) electrons. The molecule has 2 aromatic rings. The van der Waals surface area contributed by atoms with Crippen LogP contribution in [0.5, 0.6) is 5.75 Å². The zero-order valence-corrected chi connectivity index (χ0v) is 29.2. The summed E-state index contributed by atoms with van der Waals surface area (Å²) in [5.74, 6) is 0.686. The molecule has 2 aromatic carbocycles. The van der Waals surface area contributed by atoms with Crippen molar-refractivity contribution in [2.75, 3.05) is 76.2 Å². The van der Waals surface area contributed by atoms with Crippen LogP contribution in [0.1, 0.15) is 61.6 Å². The highest BCUT2D eigenvalue weighted by Gasteiger charge is 2.36. The highest BCUT2D eigenvalue weighted by Crippen LogP contribution is 2.36. The topological polar surface area (TPSA) is 97.9 Å². The summed E-state index contributed by atoms with van der Waals surface area (Å²) in [5.41, 5.74) is 5.08. The van der Waals surface area contributed by atoms with Crippen molar-refractivity contribution in [2.24, 2.45) is 0 Å². The fraction of sp³-hybridized carbons (Fsp3) is 0.605. The third-order valence-electron chi connectivity index (χ3n) is 11.4. The molecule has 0 unspecified atom stereocenters. The maximum absolute atomic E-state index is 14.2. The normalized spacial score (nSPS) is 21.6. The number of likely N-dealkylation sites (tertiary alicyclic amines) is 1. The Bertz CT molecular complexity index is 1510. The van der Waals surface area contributed by atoms with E-state index in [9.17, 15) is 14.4 Å². The van der Waals surface area contributed by atoms with E-state index in [0.717, 1.165) is 59.9 Å². The number of likely N-dealkylation sites (N-methyl/N-ethyl adjacent to an activating group) is 1. The van der Waals surface area contributed by atoms with E-state index >= 15 is 0 Å². The van der Waals surface area contributed by atoms with Crippen LogP contribution in [-0.4, -0.2) is 122 Å². The van der Waals surface area contributed by atoms with Crippen LogP contribution < -0.4 is 15.0 Å². The maximum atomic E-state index is 14.2. The predicted octanol–water partition coefficient (Wildman–Crippen LogP) is 4.90. The number of piperazine rings is 1. The number of urea groups is 1. The Labute approximate surface area is 290 Å². The number of hydrogen-bond acceptors (Lipinski definition) is 7. The van der Waals surface area contributed by atoms with Crippen LogP contribution in [0.4, 0.5) is 21.0 Å². The minimum atomic E-state index is -0.930. The van der Waals surface area contributed by atoms with Crippen LogP contribution in [-0.2, 0) is 22.4 Å². The number of carbonyl (C=O) groups excluding carboxylic acids is 3. The van der Waals surface area contributed by atoms with Crippen LogP contribution in [0.25, 0.3) is 0 Å². The monoisotopic (exact) mass is 672 g/mol. The van der Waals surface area contributed by atoms with Crippen LogP contribution in [0, 0.1) is 6.92 Å². The summed E-state index contributed by atoms with van der Waals surface area (Å²) in [6.07, 6.45) is 7.41. The smallest absolute Gasteiger partial charge is 0.410 e.